The van der Waals surface area contributed by atoms with Crippen LogP contribution in [0.2, 0.25) is 0 Å². The fraction of sp³-hybridized carbons (Fsp3) is 0.533. The third-order valence-corrected chi connectivity index (χ3v) is 3.32. The van der Waals surface area contributed by atoms with Crippen LogP contribution in [0.3, 0.4) is 0 Å². The highest BCUT2D eigenvalue weighted by Crippen LogP contribution is 2.17. The molecular formula is C15H25N3O. The fourth-order valence-corrected chi connectivity index (χ4v) is 1.85. The van der Waals surface area contributed by atoms with E-state index in [9.17, 15) is 4.79 Å². The highest BCUT2D eigenvalue weighted by molar-refractivity contribution is 5.95. The maximum atomic E-state index is 12.1. The van der Waals surface area contributed by atoms with E-state index in [0.29, 0.717) is 0 Å². The number of nitrogens with zero attached hydrogens (tertiary/aromatic N) is 1. The van der Waals surface area contributed by atoms with Crippen molar-refractivity contribution in [2.45, 2.75) is 32.9 Å². The second-order valence-corrected chi connectivity index (χ2v) is 5.30. The van der Waals surface area contributed by atoms with Gasteiger partial charge in [-0.05, 0) is 31.6 Å². The van der Waals surface area contributed by atoms with Gasteiger partial charge in [-0.25, -0.2) is 0 Å². The fourth-order valence-electron chi connectivity index (χ4n) is 1.85. The Morgan fingerprint density at radius 2 is 2.00 bits per heavy atom. The number of carbonyl (C=O) groups excluding carboxylic acids is 1. The summed E-state index contributed by atoms with van der Waals surface area (Å²) >= 11 is 0. The Kier molecular flexibility index (Phi) is 5.99. The molecule has 19 heavy (non-hydrogen) atoms. The van der Waals surface area contributed by atoms with Crippen molar-refractivity contribution in [2.24, 2.45) is 11.7 Å². The number of amides is 1. The summed E-state index contributed by atoms with van der Waals surface area (Å²) in [4.78, 5) is 14.2. The van der Waals surface area contributed by atoms with Crippen LogP contribution in [0.5, 0.6) is 0 Å². The maximum Gasteiger partial charge on any atom is 0.241 e. The molecule has 0 aromatic heterocycles. The zero-order valence-corrected chi connectivity index (χ0v) is 12.3. The summed E-state index contributed by atoms with van der Waals surface area (Å²) in [5.74, 6) is 0.0709. The zero-order valence-electron chi connectivity index (χ0n) is 12.3. The van der Waals surface area contributed by atoms with Gasteiger partial charge in [0.1, 0.15) is 0 Å². The number of anilines is 1. The lowest BCUT2D eigenvalue weighted by molar-refractivity contribution is -0.118. The average Bonchev–Trinajstić information content (AvgIpc) is 2.38. The van der Waals surface area contributed by atoms with Crippen molar-refractivity contribution in [1.82, 2.24) is 4.90 Å². The minimum atomic E-state index is -0.461. The molecule has 3 N–H and O–H groups in total. The van der Waals surface area contributed by atoms with Gasteiger partial charge in [0.25, 0.3) is 0 Å². The first-order valence-electron chi connectivity index (χ1n) is 6.74. The van der Waals surface area contributed by atoms with E-state index in [0.717, 1.165) is 24.2 Å². The average molecular weight is 263 g/mol. The molecule has 1 rings (SSSR count). The van der Waals surface area contributed by atoms with E-state index in [4.69, 9.17) is 5.73 Å². The molecule has 2 unspecified atom stereocenters. The van der Waals surface area contributed by atoms with Crippen LogP contribution < -0.4 is 11.1 Å². The van der Waals surface area contributed by atoms with E-state index in [-0.39, 0.29) is 11.8 Å². The zero-order chi connectivity index (χ0) is 14.4. The van der Waals surface area contributed by atoms with E-state index in [1.54, 1.807) is 0 Å². The minimum absolute atomic E-state index is 0.111. The molecule has 0 aliphatic rings. The minimum Gasteiger partial charge on any atom is -0.324 e. The quantitative estimate of drug-likeness (QED) is 0.826. The van der Waals surface area contributed by atoms with Crippen molar-refractivity contribution in [1.29, 1.82) is 0 Å². The Balaban J connectivity index is 2.79. The third kappa shape index (κ3) is 4.65. The van der Waals surface area contributed by atoms with Crippen LogP contribution in [-0.2, 0) is 11.3 Å². The van der Waals surface area contributed by atoms with Gasteiger partial charge in [-0.15, -0.1) is 0 Å². The summed E-state index contributed by atoms with van der Waals surface area (Å²) in [7, 11) is 4.01. The number of benzene rings is 1. The molecule has 1 aromatic rings. The standard InChI is InChI=1S/C15H25N3O/c1-5-11(2)14(16)15(19)17-13-9-7-6-8-12(13)10-18(3)4/h6-9,11,14H,5,10,16H2,1-4H3,(H,17,19). The van der Waals surface area contributed by atoms with Gasteiger partial charge in [0.2, 0.25) is 5.91 Å². The summed E-state index contributed by atoms with van der Waals surface area (Å²) in [6.45, 7) is 4.82. The van der Waals surface area contributed by atoms with E-state index in [1.165, 1.54) is 0 Å². The van der Waals surface area contributed by atoms with Gasteiger partial charge >= 0.3 is 0 Å². The normalized spacial score (nSPS) is 14.2. The van der Waals surface area contributed by atoms with Crippen molar-refractivity contribution in [3.63, 3.8) is 0 Å². The van der Waals surface area contributed by atoms with Crippen molar-refractivity contribution in [3.05, 3.63) is 29.8 Å². The molecule has 0 saturated carbocycles. The predicted molar refractivity (Wildman–Crippen MR) is 79.9 cm³/mol. The number of rotatable bonds is 6. The predicted octanol–water partition coefficient (Wildman–Crippen LogP) is 2.06. The summed E-state index contributed by atoms with van der Waals surface area (Å²) in [5, 5.41) is 2.94. The highest BCUT2D eigenvalue weighted by atomic mass is 16.2. The number of nitrogens with one attached hydrogen (secondary N) is 1. The number of carbonyl (C=O) groups is 1. The molecule has 4 heteroatoms. The molecule has 1 aromatic carbocycles. The first-order valence-corrected chi connectivity index (χ1v) is 6.74. The molecule has 4 nitrogen and oxygen atoms in total. The van der Waals surface area contributed by atoms with Crippen LogP contribution in [0.1, 0.15) is 25.8 Å². The summed E-state index contributed by atoms with van der Waals surface area (Å²) < 4.78 is 0. The molecule has 106 valence electrons. The Hall–Kier alpha value is -1.39. The molecule has 0 bridgehead atoms. The Bertz CT molecular complexity index is 418. The molecule has 1 amide bonds. The molecular weight excluding hydrogens is 238 g/mol. The summed E-state index contributed by atoms with van der Waals surface area (Å²) in [6, 6.07) is 7.37. The molecule has 2 atom stereocenters. The van der Waals surface area contributed by atoms with Gasteiger partial charge in [0.15, 0.2) is 0 Å². The molecule has 0 heterocycles. The van der Waals surface area contributed by atoms with E-state index in [1.807, 2.05) is 52.2 Å². The SMILES string of the molecule is CCC(C)C(N)C(=O)Nc1ccccc1CN(C)C. The van der Waals surface area contributed by atoms with Crippen LogP contribution in [0.15, 0.2) is 24.3 Å². The number of para-hydroxylation sites is 1. The van der Waals surface area contributed by atoms with E-state index < -0.39 is 6.04 Å². The van der Waals surface area contributed by atoms with Crippen LogP contribution in [-0.4, -0.2) is 30.9 Å². The van der Waals surface area contributed by atoms with Crippen LogP contribution in [0.25, 0.3) is 0 Å². The largest absolute Gasteiger partial charge is 0.324 e. The van der Waals surface area contributed by atoms with E-state index >= 15 is 0 Å². The first kappa shape index (κ1) is 15.7. The smallest absolute Gasteiger partial charge is 0.241 e. The lowest BCUT2D eigenvalue weighted by atomic mass is 9.99. The maximum absolute atomic E-state index is 12.1. The lowest BCUT2D eigenvalue weighted by Crippen LogP contribution is -2.40. The lowest BCUT2D eigenvalue weighted by Gasteiger charge is -2.20. The second kappa shape index (κ2) is 7.26. The van der Waals surface area contributed by atoms with Crippen LogP contribution >= 0.6 is 0 Å². The molecule has 0 saturated heterocycles. The van der Waals surface area contributed by atoms with Gasteiger partial charge in [-0.1, -0.05) is 38.5 Å². The first-order chi connectivity index (χ1) is 8.95. The molecule has 0 spiro atoms. The summed E-state index contributed by atoms with van der Waals surface area (Å²) in [6.07, 6.45) is 0.897. The van der Waals surface area contributed by atoms with Crippen molar-refractivity contribution < 1.29 is 4.79 Å². The van der Waals surface area contributed by atoms with Gasteiger partial charge in [0, 0.05) is 12.2 Å². The molecule has 0 aliphatic heterocycles. The van der Waals surface area contributed by atoms with Gasteiger partial charge < -0.3 is 16.0 Å². The van der Waals surface area contributed by atoms with E-state index in [2.05, 4.69) is 10.2 Å². The van der Waals surface area contributed by atoms with Crippen LogP contribution in [0, 0.1) is 5.92 Å². The Morgan fingerprint density at radius 1 is 1.37 bits per heavy atom. The van der Waals surface area contributed by atoms with Crippen molar-refractivity contribution in [3.8, 4) is 0 Å². The van der Waals surface area contributed by atoms with Gasteiger partial charge in [-0.2, -0.15) is 0 Å². The Labute approximate surface area is 116 Å². The van der Waals surface area contributed by atoms with Crippen LogP contribution in [0.4, 0.5) is 5.69 Å². The number of hydrogen-bond donors (Lipinski definition) is 2. The second-order valence-electron chi connectivity index (χ2n) is 5.30. The highest BCUT2D eigenvalue weighted by Gasteiger charge is 2.20. The third-order valence-electron chi connectivity index (χ3n) is 3.32. The van der Waals surface area contributed by atoms with Crippen molar-refractivity contribution in [2.75, 3.05) is 19.4 Å². The van der Waals surface area contributed by atoms with Gasteiger partial charge in [0.05, 0.1) is 6.04 Å². The topological polar surface area (TPSA) is 58.4 Å². The monoisotopic (exact) mass is 263 g/mol. The molecule has 0 aliphatic carbocycles. The summed E-state index contributed by atoms with van der Waals surface area (Å²) in [5.41, 5.74) is 7.89. The van der Waals surface area contributed by atoms with Gasteiger partial charge in [-0.3, -0.25) is 4.79 Å². The number of nitrogens with two attached hydrogens (primary N) is 1. The number of hydrogen-bond acceptors (Lipinski definition) is 3. The molecule has 0 fully saturated rings. The molecule has 0 radical (unpaired) electrons. The Morgan fingerprint density at radius 3 is 2.58 bits per heavy atom. The van der Waals surface area contributed by atoms with Crippen molar-refractivity contribution >= 4 is 11.6 Å².